The van der Waals surface area contributed by atoms with E-state index in [1.54, 1.807) is 12.1 Å². The highest BCUT2D eigenvalue weighted by Gasteiger charge is 2.31. The third-order valence-electron chi connectivity index (χ3n) is 3.98. The number of nitrogens with one attached hydrogen (secondary N) is 1. The lowest BCUT2D eigenvalue weighted by Gasteiger charge is -2.08. The van der Waals surface area contributed by atoms with Gasteiger partial charge in [0.15, 0.2) is 0 Å². The third kappa shape index (κ3) is 3.53. The summed E-state index contributed by atoms with van der Waals surface area (Å²) in [5.74, 6) is -0.561. The Balaban J connectivity index is 1.97. The lowest BCUT2D eigenvalue weighted by atomic mass is 10.1. The normalized spacial score (nSPS) is 12.7. The summed E-state index contributed by atoms with van der Waals surface area (Å²) in [6.45, 7) is 3.78. The van der Waals surface area contributed by atoms with E-state index in [-0.39, 0.29) is 10.7 Å². The number of aromatic amines is 1. The van der Waals surface area contributed by atoms with Crippen molar-refractivity contribution in [2.75, 3.05) is 0 Å². The summed E-state index contributed by atoms with van der Waals surface area (Å²) >= 11 is 0. The second-order valence-corrected chi connectivity index (χ2v) is 7.86. The van der Waals surface area contributed by atoms with E-state index in [2.05, 4.69) is 9.97 Å². The molecule has 1 heterocycles. The maximum atomic E-state index is 12.8. The number of H-pyrrole nitrogens is 1. The van der Waals surface area contributed by atoms with Crippen molar-refractivity contribution in [2.45, 2.75) is 30.9 Å². The van der Waals surface area contributed by atoms with E-state index in [1.165, 1.54) is 12.1 Å². The number of hydrogen-bond donors (Lipinski definition) is 1. The molecule has 1 N–H and O–H groups in total. The van der Waals surface area contributed by atoms with Gasteiger partial charge in [-0.05, 0) is 48.7 Å². The van der Waals surface area contributed by atoms with Crippen LogP contribution in [0.4, 0.5) is 13.2 Å². The highest BCUT2D eigenvalue weighted by Crippen LogP contribution is 2.30. The molecule has 0 atom stereocenters. The predicted octanol–water partition coefficient (Wildman–Crippen LogP) is 4.17. The SMILES string of the molecule is Cc1cc2nc(S(=O)(=O)Cc3cccc(C(F)(F)F)c3)[nH]c2cc1C. The molecule has 4 nitrogen and oxygen atoms in total. The largest absolute Gasteiger partial charge is 0.416 e. The van der Waals surface area contributed by atoms with Crippen molar-refractivity contribution < 1.29 is 21.6 Å². The molecule has 0 saturated heterocycles. The minimum Gasteiger partial charge on any atom is -0.329 e. The van der Waals surface area contributed by atoms with Crippen LogP contribution in [0, 0.1) is 13.8 Å². The number of sulfone groups is 1. The highest BCUT2D eigenvalue weighted by atomic mass is 32.2. The maximum absolute atomic E-state index is 12.8. The van der Waals surface area contributed by atoms with Crippen LogP contribution in [0.2, 0.25) is 0 Å². The van der Waals surface area contributed by atoms with Gasteiger partial charge in [0.05, 0.1) is 22.3 Å². The lowest BCUT2D eigenvalue weighted by molar-refractivity contribution is -0.137. The second kappa shape index (κ2) is 5.87. The van der Waals surface area contributed by atoms with Gasteiger partial charge in [0.25, 0.3) is 0 Å². The lowest BCUT2D eigenvalue weighted by Crippen LogP contribution is -2.09. The fourth-order valence-corrected chi connectivity index (χ4v) is 3.78. The molecule has 0 saturated carbocycles. The number of benzene rings is 2. The van der Waals surface area contributed by atoms with Gasteiger partial charge in [0, 0.05) is 0 Å². The van der Waals surface area contributed by atoms with Crippen LogP contribution in [-0.4, -0.2) is 18.4 Å². The number of fused-ring (bicyclic) bond motifs is 1. The molecule has 0 fully saturated rings. The fourth-order valence-electron chi connectivity index (χ4n) is 2.52. The summed E-state index contributed by atoms with van der Waals surface area (Å²) in [5, 5.41) is -0.245. The number of nitrogens with zero attached hydrogens (tertiary/aromatic N) is 1. The number of rotatable bonds is 3. The van der Waals surface area contributed by atoms with E-state index in [9.17, 15) is 21.6 Å². The van der Waals surface area contributed by atoms with Crippen molar-refractivity contribution in [2.24, 2.45) is 0 Å². The molecular weight excluding hydrogens is 353 g/mol. The van der Waals surface area contributed by atoms with Crippen molar-refractivity contribution in [3.05, 3.63) is 58.7 Å². The van der Waals surface area contributed by atoms with Crippen LogP contribution in [-0.2, 0) is 21.8 Å². The van der Waals surface area contributed by atoms with E-state index in [0.29, 0.717) is 11.0 Å². The fraction of sp³-hybridized carbons (Fsp3) is 0.235. The van der Waals surface area contributed by atoms with Gasteiger partial charge in [-0.15, -0.1) is 0 Å². The molecule has 0 aliphatic heterocycles. The average Bonchev–Trinajstić information content (AvgIpc) is 2.90. The van der Waals surface area contributed by atoms with Crippen molar-refractivity contribution >= 4 is 20.9 Å². The Hall–Kier alpha value is -2.35. The molecule has 2 aromatic carbocycles. The van der Waals surface area contributed by atoms with Gasteiger partial charge in [0.2, 0.25) is 15.0 Å². The zero-order valence-corrected chi connectivity index (χ0v) is 14.3. The molecule has 1 aromatic heterocycles. The molecule has 3 rings (SSSR count). The van der Waals surface area contributed by atoms with E-state index >= 15 is 0 Å². The number of imidazole rings is 1. The van der Waals surface area contributed by atoms with Crippen LogP contribution >= 0.6 is 0 Å². The molecule has 0 aliphatic rings. The molecule has 0 spiro atoms. The van der Waals surface area contributed by atoms with Crippen molar-refractivity contribution in [3.8, 4) is 0 Å². The minimum atomic E-state index is -4.52. The van der Waals surface area contributed by atoms with Crippen LogP contribution in [0.1, 0.15) is 22.3 Å². The van der Waals surface area contributed by atoms with Crippen molar-refractivity contribution in [1.82, 2.24) is 9.97 Å². The minimum absolute atomic E-state index is 0.0580. The van der Waals surface area contributed by atoms with Crippen molar-refractivity contribution in [1.29, 1.82) is 0 Å². The highest BCUT2D eigenvalue weighted by molar-refractivity contribution is 7.90. The summed E-state index contributed by atoms with van der Waals surface area (Å²) in [6.07, 6.45) is -4.52. The number of aromatic nitrogens is 2. The van der Waals surface area contributed by atoms with Gasteiger partial charge in [0.1, 0.15) is 0 Å². The maximum Gasteiger partial charge on any atom is 0.416 e. The smallest absolute Gasteiger partial charge is 0.329 e. The predicted molar refractivity (Wildman–Crippen MR) is 87.9 cm³/mol. The molecule has 3 aromatic rings. The van der Waals surface area contributed by atoms with Gasteiger partial charge >= 0.3 is 6.18 Å². The molecule has 0 amide bonds. The van der Waals surface area contributed by atoms with Crippen LogP contribution in [0.3, 0.4) is 0 Å². The number of alkyl halides is 3. The molecule has 0 bridgehead atoms. The monoisotopic (exact) mass is 368 g/mol. The Labute approximate surface area is 142 Å². The summed E-state index contributed by atoms with van der Waals surface area (Å²) < 4.78 is 63.4. The molecular formula is C17H15F3N2O2S. The summed E-state index contributed by atoms with van der Waals surface area (Å²) in [7, 11) is -3.90. The molecule has 8 heteroatoms. The summed E-state index contributed by atoms with van der Waals surface area (Å²) in [6, 6.07) is 7.85. The molecule has 0 radical (unpaired) electrons. The molecule has 25 heavy (non-hydrogen) atoms. The number of hydrogen-bond acceptors (Lipinski definition) is 3. The van der Waals surface area contributed by atoms with Crippen LogP contribution in [0.25, 0.3) is 11.0 Å². The van der Waals surface area contributed by atoms with Gasteiger partial charge in [-0.2, -0.15) is 13.2 Å². The first-order valence-electron chi connectivity index (χ1n) is 7.42. The summed E-state index contributed by atoms with van der Waals surface area (Å²) in [5.41, 5.74) is 2.22. The Morgan fingerprint density at radius 2 is 1.76 bits per heavy atom. The zero-order valence-electron chi connectivity index (χ0n) is 13.5. The van der Waals surface area contributed by atoms with E-state index in [4.69, 9.17) is 0 Å². The van der Waals surface area contributed by atoms with E-state index in [0.717, 1.165) is 23.3 Å². The molecule has 132 valence electrons. The standard InChI is InChI=1S/C17H15F3N2O2S/c1-10-6-14-15(7-11(10)2)22-16(21-14)25(23,24)9-12-4-3-5-13(8-12)17(18,19)20/h3-8H,9H2,1-2H3,(H,21,22). The van der Waals surface area contributed by atoms with Gasteiger partial charge < -0.3 is 4.98 Å². The number of halogens is 3. The Morgan fingerprint density at radius 3 is 2.44 bits per heavy atom. The van der Waals surface area contributed by atoms with Gasteiger partial charge in [-0.3, -0.25) is 0 Å². The summed E-state index contributed by atoms with van der Waals surface area (Å²) in [4.78, 5) is 6.84. The van der Waals surface area contributed by atoms with E-state index in [1.807, 2.05) is 13.8 Å². The average molecular weight is 368 g/mol. The third-order valence-corrected chi connectivity index (χ3v) is 5.48. The Kier molecular flexibility index (Phi) is 4.10. The van der Waals surface area contributed by atoms with Crippen LogP contribution < -0.4 is 0 Å². The second-order valence-electron chi connectivity index (χ2n) is 5.95. The number of aryl methyl sites for hydroxylation is 2. The topological polar surface area (TPSA) is 62.8 Å². The Morgan fingerprint density at radius 1 is 1.08 bits per heavy atom. The molecule has 0 aliphatic carbocycles. The van der Waals surface area contributed by atoms with Crippen LogP contribution in [0.15, 0.2) is 41.6 Å². The van der Waals surface area contributed by atoms with Gasteiger partial charge in [-0.25, -0.2) is 13.4 Å². The Bertz CT molecular complexity index is 1010. The quantitative estimate of drug-likeness (QED) is 0.755. The first-order valence-corrected chi connectivity index (χ1v) is 9.07. The van der Waals surface area contributed by atoms with Gasteiger partial charge in [-0.1, -0.05) is 18.2 Å². The molecule has 0 unspecified atom stereocenters. The zero-order chi connectivity index (χ0) is 18.4. The van der Waals surface area contributed by atoms with E-state index < -0.39 is 27.3 Å². The van der Waals surface area contributed by atoms with Crippen LogP contribution in [0.5, 0.6) is 0 Å². The van der Waals surface area contributed by atoms with Crippen molar-refractivity contribution in [3.63, 3.8) is 0 Å². The first kappa shape index (κ1) is 17.5. The first-order chi connectivity index (χ1) is 11.6.